The summed E-state index contributed by atoms with van der Waals surface area (Å²) >= 11 is 0. The third kappa shape index (κ3) is 2.96. The first-order valence-corrected chi connectivity index (χ1v) is 6.24. The minimum Gasteiger partial charge on any atom is -0.388 e. The van der Waals surface area contributed by atoms with Crippen LogP contribution in [0.1, 0.15) is 37.4 Å². The van der Waals surface area contributed by atoms with Crippen LogP contribution in [-0.4, -0.2) is 28.4 Å². The van der Waals surface area contributed by atoms with Crippen LogP contribution < -0.4 is 0 Å². The Morgan fingerprint density at radius 1 is 1.11 bits per heavy atom. The number of piperidine rings is 1. The topological polar surface area (TPSA) is 57.6 Å². The molecular weight excluding hydrogens is 230 g/mol. The summed E-state index contributed by atoms with van der Waals surface area (Å²) in [4.78, 5) is 24.4. The molecular formula is C14H17NO3. The van der Waals surface area contributed by atoms with Gasteiger partial charge in [-0.05, 0) is 18.4 Å². The predicted molar refractivity (Wildman–Crippen MR) is 66.6 cm³/mol. The fraction of sp³-hybridized carbons (Fsp3) is 0.429. The number of hydrogen-bond donors (Lipinski definition) is 1. The Morgan fingerprint density at radius 3 is 2.33 bits per heavy atom. The first-order chi connectivity index (χ1) is 8.68. The van der Waals surface area contributed by atoms with Gasteiger partial charge in [0.1, 0.15) is 0 Å². The highest BCUT2D eigenvalue weighted by Crippen LogP contribution is 2.19. The number of amides is 2. The molecule has 1 aliphatic rings. The van der Waals surface area contributed by atoms with Gasteiger partial charge in [-0.3, -0.25) is 14.5 Å². The van der Waals surface area contributed by atoms with Crippen molar-refractivity contribution in [3.8, 4) is 0 Å². The molecule has 1 atom stereocenters. The second-order valence-corrected chi connectivity index (χ2v) is 4.51. The minimum atomic E-state index is -0.631. The van der Waals surface area contributed by atoms with Crippen LogP contribution in [0.5, 0.6) is 0 Å². The Morgan fingerprint density at radius 2 is 1.72 bits per heavy atom. The van der Waals surface area contributed by atoms with Crippen molar-refractivity contribution < 1.29 is 14.7 Å². The van der Waals surface area contributed by atoms with Gasteiger partial charge in [-0.2, -0.15) is 0 Å². The SMILES string of the molecule is O=C1CCCC(=O)N1CC[C@@H](O)c1ccccc1. The standard InChI is InChI=1S/C14H17NO3/c16-12(11-5-2-1-3-6-11)9-10-15-13(17)7-4-8-14(15)18/h1-3,5-6,12,16H,4,7-10H2/t12-/m1/s1. The minimum absolute atomic E-state index is 0.119. The van der Waals surface area contributed by atoms with Gasteiger partial charge in [0.05, 0.1) is 6.10 Å². The van der Waals surface area contributed by atoms with E-state index in [1.54, 1.807) is 0 Å². The van der Waals surface area contributed by atoms with Gasteiger partial charge < -0.3 is 5.11 Å². The van der Waals surface area contributed by atoms with Crippen molar-refractivity contribution in [2.24, 2.45) is 0 Å². The average Bonchev–Trinajstić information content (AvgIpc) is 2.39. The van der Waals surface area contributed by atoms with Crippen LogP contribution in [0.3, 0.4) is 0 Å². The number of imide groups is 1. The van der Waals surface area contributed by atoms with Crippen LogP contribution in [0, 0.1) is 0 Å². The number of aliphatic hydroxyl groups is 1. The zero-order chi connectivity index (χ0) is 13.0. The quantitative estimate of drug-likeness (QED) is 0.823. The Hall–Kier alpha value is -1.68. The Labute approximate surface area is 106 Å². The van der Waals surface area contributed by atoms with Gasteiger partial charge in [-0.15, -0.1) is 0 Å². The summed E-state index contributed by atoms with van der Waals surface area (Å²) in [6, 6.07) is 9.27. The molecule has 1 saturated heterocycles. The highest BCUT2D eigenvalue weighted by molar-refractivity contribution is 5.97. The summed E-state index contributed by atoms with van der Waals surface area (Å²) in [6.07, 6.45) is 1.28. The summed E-state index contributed by atoms with van der Waals surface area (Å²) < 4.78 is 0. The molecule has 4 heteroatoms. The van der Waals surface area contributed by atoms with Crippen LogP contribution in [0.15, 0.2) is 30.3 Å². The Balaban J connectivity index is 1.91. The number of benzene rings is 1. The number of rotatable bonds is 4. The van der Waals surface area contributed by atoms with Gasteiger partial charge >= 0.3 is 0 Å². The lowest BCUT2D eigenvalue weighted by Crippen LogP contribution is -2.41. The van der Waals surface area contributed by atoms with Gasteiger partial charge in [-0.1, -0.05) is 30.3 Å². The van der Waals surface area contributed by atoms with Crippen LogP contribution in [-0.2, 0) is 9.59 Å². The third-order valence-corrected chi connectivity index (χ3v) is 3.19. The van der Waals surface area contributed by atoms with Gasteiger partial charge in [-0.25, -0.2) is 0 Å². The second kappa shape index (κ2) is 5.78. The molecule has 96 valence electrons. The number of hydrogen-bond acceptors (Lipinski definition) is 3. The molecule has 0 bridgehead atoms. The van der Waals surface area contributed by atoms with E-state index >= 15 is 0 Å². The van der Waals surface area contributed by atoms with E-state index in [2.05, 4.69) is 0 Å². The van der Waals surface area contributed by atoms with Crippen molar-refractivity contribution in [2.45, 2.75) is 31.8 Å². The molecule has 0 unspecified atom stereocenters. The molecule has 0 spiro atoms. The van der Waals surface area contributed by atoms with E-state index in [0.29, 0.717) is 32.2 Å². The first kappa shape index (κ1) is 12.8. The molecule has 0 aliphatic carbocycles. The maximum absolute atomic E-state index is 11.6. The fourth-order valence-electron chi connectivity index (χ4n) is 2.14. The lowest BCUT2D eigenvalue weighted by molar-refractivity contribution is -0.148. The maximum atomic E-state index is 11.6. The lowest BCUT2D eigenvalue weighted by atomic mass is 10.0. The summed E-state index contributed by atoms with van der Waals surface area (Å²) in [6.45, 7) is 0.299. The highest BCUT2D eigenvalue weighted by Gasteiger charge is 2.26. The number of carbonyl (C=O) groups is 2. The molecule has 0 radical (unpaired) electrons. The third-order valence-electron chi connectivity index (χ3n) is 3.19. The van der Waals surface area contributed by atoms with Crippen molar-refractivity contribution >= 4 is 11.8 Å². The second-order valence-electron chi connectivity index (χ2n) is 4.51. The van der Waals surface area contributed by atoms with Crippen molar-refractivity contribution in [3.63, 3.8) is 0 Å². The Bertz CT molecular complexity index is 414. The van der Waals surface area contributed by atoms with E-state index in [1.165, 1.54) is 4.90 Å². The van der Waals surface area contributed by atoms with E-state index in [0.717, 1.165) is 5.56 Å². The molecule has 1 aromatic carbocycles. The summed E-state index contributed by atoms with van der Waals surface area (Å²) in [5.41, 5.74) is 0.814. The van der Waals surface area contributed by atoms with Gasteiger partial charge in [0, 0.05) is 19.4 Å². The van der Waals surface area contributed by atoms with Crippen molar-refractivity contribution in [2.75, 3.05) is 6.54 Å². The van der Waals surface area contributed by atoms with Crippen molar-refractivity contribution in [1.82, 2.24) is 4.90 Å². The van der Waals surface area contributed by atoms with E-state index < -0.39 is 6.10 Å². The number of carbonyl (C=O) groups excluding carboxylic acids is 2. The predicted octanol–water partition coefficient (Wildman–Crippen LogP) is 1.65. The van der Waals surface area contributed by atoms with Crippen LogP contribution in [0.25, 0.3) is 0 Å². The van der Waals surface area contributed by atoms with Crippen LogP contribution in [0.2, 0.25) is 0 Å². The summed E-state index contributed by atoms with van der Waals surface area (Å²) in [5.74, 6) is -0.238. The molecule has 2 amide bonds. The van der Waals surface area contributed by atoms with E-state index in [9.17, 15) is 14.7 Å². The molecule has 1 fully saturated rings. The van der Waals surface area contributed by atoms with E-state index in [1.807, 2.05) is 30.3 Å². The number of aliphatic hydroxyl groups excluding tert-OH is 1. The number of nitrogens with zero attached hydrogens (tertiary/aromatic N) is 1. The average molecular weight is 247 g/mol. The van der Waals surface area contributed by atoms with Crippen LogP contribution in [0.4, 0.5) is 0 Å². The molecule has 18 heavy (non-hydrogen) atoms. The zero-order valence-electron chi connectivity index (χ0n) is 10.2. The molecule has 4 nitrogen and oxygen atoms in total. The largest absolute Gasteiger partial charge is 0.388 e. The molecule has 1 aromatic rings. The number of likely N-dealkylation sites (tertiary alicyclic amines) is 1. The molecule has 0 aromatic heterocycles. The van der Waals surface area contributed by atoms with Crippen LogP contribution >= 0.6 is 0 Å². The highest BCUT2D eigenvalue weighted by atomic mass is 16.3. The maximum Gasteiger partial charge on any atom is 0.229 e. The fourth-order valence-corrected chi connectivity index (χ4v) is 2.14. The normalized spacial score (nSPS) is 17.9. The lowest BCUT2D eigenvalue weighted by Gasteiger charge is -2.25. The smallest absolute Gasteiger partial charge is 0.229 e. The van der Waals surface area contributed by atoms with Crippen molar-refractivity contribution in [1.29, 1.82) is 0 Å². The monoisotopic (exact) mass is 247 g/mol. The first-order valence-electron chi connectivity index (χ1n) is 6.24. The molecule has 1 heterocycles. The van der Waals surface area contributed by atoms with Gasteiger partial charge in [0.15, 0.2) is 0 Å². The molecule has 1 aliphatic heterocycles. The van der Waals surface area contributed by atoms with E-state index in [4.69, 9.17) is 0 Å². The summed E-state index contributed by atoms with van der Waals surface area (Å²) in [7, 11) is 0. The molecule has 0 saturated carbocycles. The summed E-state index contributed by atoms with van der Waals surface area (Å²) in [5, 5.41) is 9.97. The van der Waals surface area contributed by atoms with E-state index in [-0.39, 0.29) is 11.8 Å². The van der Waals surface area contributed by atoms with Crippen molar-refractivity contribution in [3.05, 3.63) is 35.9 Å². The Kier molecular flexibility index (Phi) is 4.10. The zero-order valence-corrected chi connectivity index (χ0v) is 10.2. The molecule has 1 N–H and O–H groups in total. The molecule has 2 rings (SSSR count). The van der Waals surface area contributed by atoms with Gasteiger partial charge in [0.2, 0.25) is 11.8 Å². The van der Waals surface area contributed by atoms with Gasteiger partial charge in [0.25, 0.3) is 0 Å².